The van der Waals surface area contributed by atoms with Crippen LogP contribution >= 0.6 is 0 Å². The number of carboxylic acid groups (broad SMARTS) is 1. The number of amides is 1. The van der Waals surface area contributed by atoms with Crippen LogP contribution in [0.1, 0.15) is 20.9 Å². The molecule has 0 saturated heterocycles. The number of rotatable bonds is 2. The minimum absolute atomic E-state index is 0.0971. The summed E-state index contributed by atoms with van der Waals surface area (Å²) < 4.78 is 4.99. The van der Waals surface area contributed by atoms with E-state index in [9.17, 15) is 14.4 Å². The quantitative estimate of drug-likeness (QED) is 0.788. The molecule has 1 aromatic heterocycles. The fourth-order valence-electron chi connectivity index (χ4n) is 1.41. The van der Waals surface area contributed by atoms with Gasteiger partial charge in [0.1, 0.15) is 5.58 Å². The first-order valence-electron chi connectivity index (χ1n) is 4.60. The van der Waals surface area contributed by atoms with E-state index in [0.717, 1.165) is 6.07 Å². The summed E-state index contributed by atoms with van der Waals surface area (Å²) in [4.78, 5) is 33.2. The number of carboxylic acids is 1. The second kappa shape index (κ2) is 3.75. The standard InChI is InChI=1S/C11H7NO5/c12-10(14)5-1-2-8-6(3-5)7(13)4-9(17-8)11(15)16/h1-4H,(H2,12,14)(H,15,16). The van der Waals surface area contributed by atoms with E-state index in [-0.39, 0.29) is 16.5 Å². The lowest BCUT2D eigenvalue weighted by Crippen LogP contribution is -2.12. The van der Waals surface area contributed by atoms with Crippen LogP contribution in [0.25, 0.3) is 11.0 Å². The Hall–Kier alpha value is -2.63. The van der Waals surface area contributed by atoms with Crippen molar-refractivity contribution in [3.05, 3.63) is 45.8 Å². The van der Waals surface area contributed by atoms with Crippen molar-refractivity contribution in [1.29, 1.82) is 0 Å². The number of primary amides is 1. The molecule has 2 aromatic rings. The molecule has 1 aromatic carbocycles. The Bertz CT molecular complexity index is 686. The summed E-state index contributed by atoms with van der Waals surface area (Å²) in [5, 5.41) is 8.82. The smallest absolute Gasteiger partial charge is 0.371 e. The second-order valence-corrected chi connectivity index (χ2v) is 3.36. The highest BCUT2D eigenvalue weighted by molar-refractivity contribution is 5.97. The van der Waals surface area contributed by atoms with Gasteiger partial charge in [0.25, 0.3) is 0 Å². The molecule has 0 aliphatic heterocycles. The van der Waals surface area contributed by atoms with Crippen LogP contribution in [0.15, 0.2) is 33.5 Å². The molecule has 6 heteroatoms. The molecule has 0 atom stereocenters. The molecule has 0 aliphatic rings. The van der Waals surface area contributed by atoms with E-state index >= 15 is 0 Å². The van der Waals surface area contributed by atoms with Gasteiger partial charge >= 0.3 is 5.97 Å². The Balaban J connectivity index is 2.77. The molecule has 3 N–H and O–H groups in total. The highest BCUT2D eigenvalue weighted by Crippen LogP contribution is 2.14. The Morgan fingerprint density at radius 1 is 1.24 bits per heavy atom. The third kappa shape index (κ3) is 1.87. The Labute approximate surface area is 94.3 Å². The highest BCUT2D eigenvalue weighted by atomic mass is 16.4. The average Bonchev–Trinajstić information content (AvgIpc) is 2.28. The van der Waals surface area contributed by atoms with Gasteiger partial charge in [-0.2, -0.15) is 0 Å². The number of hydrogen-bond donors (Lipinski definition) is 2. The van der Waals surface area contributed by atoms with Crippen LogP contribution in [-0.4, -0.2) is 17.0 Å². The molecule has 1 amide bonds. The molecule has 0 radical (unpaired) electrons. The fourth-order valence-corrected chi connectivity index (χ4v) is 1.41. The van der Waals surface area contributed by atoms with Crippen molar-refractivity contribution in [2.75, 3.05) is 0 Å². The number of hydrogen-bond acceptors (Lipinski definition) is 4. The van der Waals surface area contributed by atoms with Gasteiger partial charge in [0.15, 0.2) is 5.43 Å². The fraction of sp³-hybridized carbons (Fsp3) is 0. The third-order valence-electron chi connectivity index (χ3n) is 2.22. The van der Waals surface area contributed by atoms with Crippen LogP contribution in [-0.2, 0) is 0 Å². The summed E-state index contributed by atoms with van der Waals surface area (Å²) in [7, 11) is 0. The van der Waals surface area contributed by atoms with Crippen LogP contribution < -0.4 is 11.2 Å². The molecule has 0 bridgehead atoms. The molecule has 0 saturated carbocycles. The molecule has 6 nitrogen and oxygen atoms in total. The molecule has 86 valence electrons. The monoisotopic (exact) mass is 233 g/mol. The first kappa shape index (κ1) is 10.9. The summed E-state index contributed by atoms with van der Waals surface area (Å²) in [6.07, 6.45) is 0. The number of carbonyl (C=O) groups excluding carboxylic acids is 1. The molecule has 0 unspecified atom stereocenters. The van der Waals surface area contributed by atoms with E-state index < -0.39 is 23.1 Å². The molecular formula is C11H7NO5. The van der Waals surface area contributed by atoms with Crippen LogP contribution in [0.4, 0.5) is 0 Å². The van der Waals surface area contributed by atoms with Gasteiger partial charge < -0.3 is 15.3 Å². The molecule has 1 heterocycles. The van der Waals surface area contributed by atoms with Crippen molar-refractivity contribution in [1.82, 2.24) is 0 Å². The number of benzene rings is 1. The van der Waals surface area contributed by atoms with Gasteiger partial charge in [-0.15, -0.1) is 0 Å². The predicted molar refractivity (Wildman–Crippen MR) is 58.0 cm³/mol. The second-order valence-electron chi connectivity index (χ2n) is 3.36. The van der Waals surface area contributed by atoms with Crippen LogP contribution in [0.3, 0.4) is 0 Å². The van der Waals surface area contributed by atoms with Crippen molar-refractivity contribution < 1.29 is 19.1 Å². The molecule has 0 aliphatic carbocycles. The van der Waals surface area contributed by atoms with Gasteiger partial charge in [-0.3, -0.25) is 9.59 Å². The number of aromatic carboxylic acids is 1. The lowest BCUT2D eigenvalue weighted by Gasteiger charge is -2.00. The summed E-state index contributed by atoms with van der Waals surface area (Å²) in [5.41, 5.74) is 4.79. The van der Waals surface area contributed by atoms with Crippen LogP contribution in [0.2, 0.25) is 0 Å². The maximum absolute atomic E-state index is 11.6. The lowest BCUT2D eigenvalue weighted by atomic mass is 10.1. The summed E-state index contributed by atoms with van der Waals surface area (Å²) in [6.45, 7) is 0. The van der Waals surface area contributed by atoms with Gasteiger partial charge in [0, 0.05) is 11.6 Å². The summed E-state index contributed by atoms with van der Waals surface area (Å²) >= 11 is 0. The van der Waals surface area contributed by atoms with E-state index in [4.69, 9.17) is 15.3 Å². The van der Waals surface area contributed by atoms with Gasteiger partial charge in [-0.05, 0) is 18.2 Å². The molecule has 0 spiro atoms. The van der Waals surface area contributed by atoms with E-state index in [1.54, 1.807) is 0 Å². The normalized spacial score (nSPS) is 10.4. The minimum Gasteiger partial charge on any atom is -0.475 e. The predicted octanol–water partition coefficient (Wildman–Crippen LogP) is 0.590. The Morgan fingerprint density at radius 3 is 2.53 bits per heavy atom. The van der Waals surface area contributed by atoms with Gasteiger partial charge in [-0.25, -0.2) is 4.79 Å². The van der Waals surface area contributed by atoms with E-state index in [1.165, 1.54) is 18.2 Å². The number of fused-ring (bicyclic) bond motifs is 1. The SMILES string of the molecule is NC(=O)c1ccc2oc(C(=O)O)cc(=O)c2c1. The lowest BCUT2D eigenvalue weighted by molar-refractivity contribution is 0.0662. The third-order valence-corrected chi connectivity index (χ3v) is 2.22. The zero-order chi connectivity index (χ0) is 12.6. The Morgan fingerprint density at radius 2 is 1.94 bits per heavy atom. The molecule has 17 heavy (non-hydrogen) atoms. The average molecular weight is 233 g/mol. The Kier molecular flexibility index (Phi) is 2.40. The highest BCUT2D eigenvalue weighted by Gasteiger charge is 2.11. The topological polar surface area (TPSA) is 111 Å². The van der Waals surface area contributed by atoms with Crippen molar-refractivity contribution in [3.63, 3.8) is 0 Å². The zero-order valence-corrected chi connectivity index (χ0v) is 8.47. The van der Waals surface area contributed by atoms with E-state index in [2.05, 4.69) is 0 Å². The molecule has 0 fully saturated rings. The largest absolute Gasteiger partial charge is 0.475 e. The minimum atomic E-state index is -1.33. The first-order chi connectivity index (χ1) is 7.99. The van der Waals surface area contributed by atoms with Gasteiger partial charge in [0.2, 0.25) is 11.7 Å². The van der Waals surface area contributed by atoms with Gasteiger partial charge in [-0.1, -0.05) is 0 Å². The maximum Gasteiger partial charge on any atom is 0.371 e. The number of nitrogens with two attached hydrogens (primary N) is 1. The zero-order valence-electron chi connectivity index (χ0n) is 8.47. The van der Waals surface area contributed by atoms with Crippen molar-refractivity contribution >= 4 is 22.8 Å². The summed E-state index contributed by atoms with van der Waals surface area (Å²) in [5.74, 6) is -2.45. The maximum atomic E-state index is 11.6. The van der Waals surface area contributed by atoms with Crippen molar-refractivity contribution in [2.45, 2.75) is 0 Å². The molecule has 2 rings (SSSR count). The van der Waals surface area contributed by atoms with Crippen molar-refractivity contribution in [3.8, 4) is 0 Å². The number of carbonyl (C=O) groups is 2. The van der Waals surface area contributed by atoms with E-state index in [0.29, 0.717) is 0 Å². The molecular weight excluding hydrogens is 226 g/mol. The van der Waals surface area contributed by atoms with Crippen LogP contribution in [0.5, 0.6) is 0 Å². The van der Waals surface area contributed by atoms with Crippen molar-refractivity contribution in [2.24, 2.45) is 5.73 Å². The van der Waals surface area contributed by atoms with E-state index in [1.807, 2.05) is 0 Å². The van der Waals surface area contributed by atoms with Crippen LogP contribution in [0, 0.1) is 0 Å². The first-order valence-corrected chi connectivity index (χ1v) is 4.60. The summed E-state index contributed by atoms with van der Waals surface area (Å²) in [6, 6.07) is 4.83. The van der Waals surface area contributed by atoms with Gasteiger partial charge in [0.05, 0.1) is 5.39 Å².